The summed E-state index contributed by atoms with van der Waals surface area (Å²) < 4.78 is 0. The normalized spacial score (nSPS) is 15.2. The van der Waals surface area contributed by atoms with Crippen LogP contribution in [0.1, 0.15) is 18.1 Å². The van der Waals surface area contributed by atoms with Gasteiger partial charge >= 0.3 is 11.8 Å². The van der Waals surface area contributed by atoms with Gasteiger partial charge in [0.15, 0.2) is 0 Å². The van der Waals surface area contributed by atoms with Crippen LogP contribution in [-0.4, -0.2) is 36.3 Å². The van der Waals surface area contributed by atoms with Crippen LogP contribution in [-0.2, 0) is 9.59 Å². The summed E-state index contributed by atoms with van der Waals surface area (Å²) in [6.07, 6.45) is 0. The summed E-state index contributed by atoms with van der Waals surface area (Å²) in [5.41, 5.74) is 2.96. The average molecular weight is 270 g/mol. The molecule has 2 rings (SSSR count). The number of amides is 2. The standard InChI is InChI=1S/C16H18N2O2/c1-4-5-6-17-7-8-18(16(20)15(17)19)14-10-12(2)9-13(3)11-14/h9-11H,6-8H2,1-3H3. The molecule has 0 spiro atoms. The molecule has 2 amide bonds. The highest BCUT2D eigenvalue weighted by atomic mass is 16.2. The van der Waals surface area contributed by atoms with Crippen molar-refractivity contribution in [2.45, 2.75) is 20.8 Å². The van der Waals surface area contributed by atoms with Crippen LogP contribution in [0.3, 0.4) is 0 Å². The second-order valence-electron chi connectivity index (χ2n) is 4.96. The largest absolute Gasteiger partial charge is 0.321 e. The van der Waals surface area contributed by atoms with Gasteiger partial charge in [-0.15, -0.1) is 5.92 Å². The zero-order chi connectivity index (χ0) is 14.7. The summed E-state index contributed by atoms with van der Waals surface area (Å²) in [6, 6.07) is 5.91. The van der Waals surface area contributed by atoms with Crippen LogP contribution in [0.4, 0.5) is 5.69 Å². The Balaban J connectivity index is 2.21. The highest BCUT2D eigenvalue weighted by Crippen LogP contribution is 2.21. The van der Waals surface area contributed by atoms with Gasteiger partial charge in [0.25, 0.3) is 0 Å². The van der Waals surface area contributed by atoms with Gasteiger partial charge in [0, 0.05) is 18.8 Å². The third-order valence-corrected chi connectivity index (χ3v) is 3.27. The van der Waals surface area contributed by atoms with Gasteiger partial charge in [-0.25, -0.2) is 0 Å². The van der Waals surface area contributed by atoms with Crippen LogP contribution in [0.2, 0.25) is 0 Å². The third kappa shape index (κ3) is 2.83. The minimum Gasteiger partial charge on any atom is -0.321 e. The van der Waals surface area contributed by atoms with Gasteiger partial charge in [0.1, 0.15) is 0 Å². The Morgan fingerprint density at radius 2 is 1.70 bits per heavy atom. The van der Waals surface area contributed by atoms with Crippen molar-refractivity contribution in [2.75, 3.05) is 24.5 Å². The molecule has 0 N–H and O–H groups in total. The van der Waals surface area contributed by atoms with Crippen molar-refractivity contribution < 1.29 is 9.59 Å². The van der Waals surface area contributed by atoms with Crippen molar-refractivity contribution in [3.8, 4) is 11.8 Å². The lowest BCUT2D eigenvalue weighted by Gasteiger charge is -2.33. The minimum absolute atomic E-state index is 0.321. The molecule has 1 heterocycles. The van der Waals surface area contributed by atoms with E-state index in [4.69, 9.17) is 0 Å². The summed E-state index contributed by atoms with van der Waals surface area (Å²) in [7, 11) is 0. The lowest BCUT2D eigenvalue weighted by atomic mass is 10.1. The van der Waals surface area contributed by atoms with Gasteiger partial charge in [-0.05, 0) is 44.0 Å². The Kier molecular flexibility index (Phi) is 4.09. The van der Waals surface area contributed by atoms with Crippen molar-refractivity contribution in [3.63, 3.8) is 0 Å². The van der Waals surface area contributed by atoms with E-state index in [2.05, 4.69) is 11.8 Å². The van der Waals surface area contributed by atoms with Crippen molar-refractivity contribution in [3.05, 3.63) is 29.3 Å². The number of hydrogen-bond acceptors (Lipinski definition) is 2. The first-order valence-electron chi connectivity index (χ1n) is 6.61. The lowest BCUT2D eigenvalue weighted by molar-refractivity contribution is -0.145. The number of carbonyl (C=O) groups is 2. The maximum Gasteiger partial charge on any atom is 0.316 e. The summed E-state index contributed by atoms with van der Waals surface area (Å²) >= 11 is 0. The Morgan fingerprint density at radius 3 is 2.30 bits per heavy atom. The van der Waals surface area contributed by atoms with Crippen molar-refractivity contribution >= 4 is 17.5 Å². The van der Waals surface area contributed by atoms with Gasteiger partial charge in [-0.2, -0.15) is 0 Å². The Labute approximate surface area is 119 Å². The molecule has 1 aliphatic heterocycles. The molecule has 0 atom stereocenters. The van der Waals surface area contributed by atoms with E-state index < -0.39 is 11.8 Å². The van der Waals surface area contributed by atoms with Crippen molar-refractivity contribution in [2.24, 2.45) is 0 Å². The summed E-state index contributed by atoms with van der Waals surface area (Å²) in [4.78, 5) is 27.3. The predicted octanol–water partition coefficient (Wildman–Crippen LogP) is 1.50. The monoisotopic (exact) mass is 270 g/mol. The molecule has 4 heteroatoms. The topological polar surface area (TPSA) is 40.6 Å². The first-order valence-corrected chi connectivity index (χ1v) is 6.61. The number of carbonyl (C=O) groups excluding carboxylic acids is 2. The van der Waals surface area contributed by atoms with E-state index in [9.17, 15) is 9.59 Å². The zero-order valence-electron chi connectivity index (χ0n) is 12.1. The second kappa shape index (κ2) is 5.79. The number of benzene rings is 1. The van der Waals surface area contributed by atoms with Gasteiger partial charge in [-0.3, -0.25) is 9.59 Å². The Bertz CT molecular complexity index is 590. The van der Waals surface area contributed by atoms with E-state index in [1.807, 2.05) is 32.0 Å². The Hall–Kier alpha value is -2.28. The van der Waals surface area contributed by atoms with Gasteiger partial charge in [-0.1, -0.05) is 12.0 Å². The van der Waals surface area contributed by atoms with E-state index in [1.54, 1.807) is 11.8 Å². The highest BCUT2D eigenvalue weighted by molar-refractivity contribution is 6.41. The molecule has 104 valence electrons. The van der Waals surface area contributed by atoms with Gasteiger partial charge in [0.2, 0.25) is 0 Å². The first kappa shape index (κ1) is 14.1. The van der Waals surface area contributed by atoms with Crippen LogP contribution in [0, 0.1) is 25.7 Å². The van der Waals surface area contributed by atoms with E-state index in [1.165, 1.54) is 4.90 Å². The quantitative estimate of drug-likeness (QED) is 0.603. The molecule has 1 fully saturated rings. The summed E-state index contributed by atoms with van der Waals surface area (Å²) in [5, 5.41) is 0. The maximum absolute atomic E-state index is 12.2. The summed E-state index contributed by atoms with van der Waals surface area (Å²) in [5.74, 6) is 4.62. The van der Waals surface area contributed by atoms with Gasteiger partial charge in [0.05, 0.1) is 6.54 Å². The van der Waals surface area contributed by atoms with Crippen LogP contribution >= 0.6 is 0 Å². The fraction of sp³-hybridized carbons (Fsp3) is 0.375. The lowest BCUT2D eigenvalue weighted by Crippen LogP contribution is -2.54. The highest BCUT2D eigenvalue weighted by Gasteiger charge is 2.32. The maximum atomic E-state index is 12.2. The molecule has 0 radical (unpaired) electrons. The number of anilines is 1. The molecule has 4 nitrogen and oxygen atoms in total. The molecular weight excluding hydrogens is 252 g/mol. The Morgan fingerprint density at radius 1 is 1.05 bits per heavy atom. The number of aryl methyl sites for hydroxylation is 2. The number of rotatable bonds is 2. The van der Waals surface area contributed by atoms with Crippen LogP contribution in [0.5, 0.6) is 0 Å². The number of piperazine rings is 1. The van der Waals surface area contributed by atoms with Crippen LogP contribution < -0.4 is 4.90 Å². The second-order valence-corrected chi connectivity index (χ2v) is 4.96. The molecule has 0 saturated carbocycles. The molecule has 0 unspecified atom stereocenters. The van der Waals surface area contributed by atoms with Crippen molar-refractivity contribution in [1.29, 1.82) is 0 Å². The van der Waals surface area contributed by atoms with Gasteiger partial charge < -0.3 is 9.80 Å². The van der Waals surface area contributed by atoms with Crippen molar-refractivity contribution in [1.82, 2.24) is 4.90 Å². The van der Waals surface area contributed by atoms with Crippen LogP contribution in [0.25, 0.3) is 0 Å². The molecule has 0 aromatic heterocycles. The van der Waals surface area contributed by atoms with Crippen LogP contribution in [0.15, 0.2) is 18.2 Å². The molecule has 1 aromatic rings. The minimum atomic E-state index is -0.474. The smallest absolute Gasteiger partial charge is 0.316 e. The summed E-state index contributed by atoms with van der Waals surface area (Å²) in [6.45, 7) is 7.04. The molecule has 1 saturated heterocycles. The third-order valence-electron chi connectivity index (χ3n) is 3.27. The number of nitrogens with zero attached hydrogens (tertiary/aromatic N) is 2. The fourth-order valence-electron chi connectivity index (χ4n) is 2.35. The average Bonchev–Trinajstić information content (AvgIpc) is 2.39. The van der Waals surface area contributed by atoms with E-state index in [0.717, 1.165) is 16.8 Å². The first-order chi connectivity index (χ1) is 9.52. The SMILES string of the molecule is CC#CCN1CCN(c2cc(C)cc(C)c2)C(=O)C1=O. The molecule has 20 heavy (non-hydrogen) atoms. The molecule has 1 aliphatic rings. The van der Waals surface area contributed by atoms with E-state index in [0.29, 0.717) is 19.6 Å². The predicted molar refractivity (Wildman–Crippen MR) is 78.3 cm³/mol. The molecular formula is C16H18N2O2. The molecule has 1 aromatic carbocycles. The number of hydrogen-bond donors (Lipinski definition) is 0. The van der Waals surface area contributed by atoms with E-state index in [-0.39, 0.29) is 0 Å². The van der Waals surface area contributed by atoms with E-state index >= 15 is 0 Å². The fourth-order valence-corrected chi connectivity index (χ4v) is 2.35. The molecule has 0 aliphatic carbocycles. The molecule has 0 bridgehead atoms. The zero-order valence-corrected chi connectivity index (χ0v) is 12.1.